The van der Waals surface area contributed by atoms with E-state index in [0.29, 0.717) is 5.39 Å². The molecule has 1 N–H and O–H groups in total. The lowest BCUT2D eigenvalue weighted by molar-refractivity contribution is -0.121. The Labute approximate surface area is 165 Å². The van der Waals surface area contributed by atoms with Gasteiger partial charge in [-0.25, -0.2) is 10.4 Å². The maximum atomic E-state index is 12.9. The molecule has 0 aliphatic heterocycles. The van der Waals surface area contributed by atoms with Crippen LogP contribution in [0.5, 0.6) is 5.75 Å². The van der Waals surface area contributed by atoms with Crippen molar-refractivity contribution in [3.8, 4) is 5.75 Å². The molecule has 0 saturated carbocycles. The Kier molecular flexibility index (Phi) is 5.21. The molecule has 0 unspecified atom stereocenters. The molecule has 0 spiro atoms. The van der Waals surface area contributed by atoms with Crippen LogP contribution in [-0.2, 0) is 24.2 Å². The van der Waals surface area contributed by atoms with Gasteiger partial charge in [-0.15, -0.1) is 11.3 Å². The first-order valence-corrected chi connectivity index (χ1v) is 9.93. The third-order valence-electron chi connectivity index (χ3n) is 4.77. The zero-order chi connectivity index (χ0) is 19.5. The van der Waals surface area contributed by atoms with Gasteiger partial charge in [-0.1, -0.05) is 0 Å². The number of hydrogen-bond donors (Lipinski definition) is 1. The van der Waals surface area contributed by atoms with E-state index in [-0.39, 0.29) is 18.0 Å². The monoisotopic (exact) mass is 396 g/mol. The Balaban J connectivity index is 1.46. The summed E-state index contributed by atoms with van der Waals surface area (Å²) < 4.78 is 6.45. The van der Waals surface area contributed by atoms with E-state index in [2.05, 4.69) is 15.5 Å². The molecule has 7 nitrogen and oxygen atoms in total. The number of carbonyl (C=O) groups is 1. The molecule has 0 saturated heterocycles. The number of thiophene rings is 1. The van der Waals surface area contributed by atoms with Gasteiger partial charge in [-0.2, -0.15) is 5.10 Å². The first kappa shape index (κ1) is 18.4. The van der Waals surface area contributed by atoms with Crippen LogP contribution in [-0.4, -0.2) is 28.8 Å². The highest BCUT2D eigenvalue weighted by Gasteiger charge is 2.20. The Morgan fingerprint density at radius 3 is 2.89 bits per heavy atom. The molecule has 0 fully saturated rings. The minimum absolute atomic E-state index is 0.119. The standard InChI is InChI=1S/C20H20N4O3S/c1-27-14-8-6-13(7-9-14)10-22-23-17(25)11-24-12-21-19-18(20(24)26)15-4-2-3-5-16(15)28-19/h6-10,12H,2-5,11H2,1H3,(H,23,25)/b22-10+. The zero-order valence-corrected chi connectivity index (χ0v) is 16.3. The van der Waals surface area contributed by atoms with E-state index in [1.165, 1.54) is 22.0 Å². The number of ether oxygens (including phenoxy) is 1. The van der Waals surface area contributed by atoms with Crippen LogP contribution in [0.25, 0.3) is 10.2 Å². The molecular formula is C20H20N4O3S. The number of aryl methyl sites for hydroxylation is 2. The number of aromatic nitrogens is 2. The largest absolute Gasteiger partial charge is 0.497 e. The van der Waals surface area contributed by atoms with E-state index < -0.39 is 0 Å². The highest BCUT2D eigenvalue weighted by atomic mass is 32.1. The number of nitrogens with one attached hydrogen (secondary N) is 1. The maximum absolute atomic E-state index is 12.9. The summed E-state index contributed by atoms with van der Waals surface area (Å²) in [5.74, 6) is 0.371. The number of fused-ring (bicyclic) bond motifs is 3. The molecule has 28 heavy (non-hydrogen) atoms. The molecule has 1 aliphatic carbocycles. The third kappa shape index (κ3) is 3.68. The maximum Gasteiger partial charge on any atom is 0.262 e. The highest BCUT2D eigenvalue weighted by Crippen LogP contribution is 2.33. The molecule has 1 aromatic carbocycles. The van der Waals surface area contributed by atoms with E-state index in [9.17, 15) is 9.59 Å². The first-order chi connectivity index (χ1) is 13.7. The second-order valence-corrected chi connectivity index (χ2v) is 7.72. The van der Waals surface area contributed by atoms with Crippen LogP contribution in [0.15, 0.2) is 40.5 Å². The van der Waals surface area contributed by atoms with Crippen molar-refractivity contribution in [3.63, 3.8) is 0 Å². The van der Waals surface area contributed by atoms with Gasteiger partial charge >= 0.3 is 0 Å². The summed E-state index contributed by atoms with van der Waals surface area (Å²) in [4.78, 5) is 31.5. The number of methoxy groups -OCH3 is 1. The second-order valence-electron chi connectivity index (χ2n) is 6.64. The molecule has 0 radical (unpaired) electrons. The molecule has 1 aliphatic rings. The van der Waals surface area contributed by atoms with Crippen LogP contribution in [0.2, 0.25) is 0 Å². The van der Waals surface area contributed by atoms with Crippen molar-refractivity contribution in [2.45, 2.75) is 32.2 Å². The molecule has 0 bridgehead atoms. The second kappa shape index (κ2) is 7.93. The minimum atomic E-state index is -0.378. The minimum Gasteiger partial charge on any atom is -0.497 e. The molecule has 0 atom stereocenters. The van der Waals surface area contributed by atoms with Gasteiger partial charge in [-0.05, 0) is 61.1 Å². The van der Waals surface area contributed by atoms with Crippen molar-refractivity contribution in [2.75, 3.05) is 7.11 Å². The average molecular weight is 396 g/mol. The highest BCUT2D eigenvalue weighted by molar-refractivity contribution is 7.18. The fourth-order valence-electron chi connectivity index (χ4n) is 3.35. The van der Waals surface area contributed by atoms with Gasteiger partial charge in [0.1, 0.15) is 17.1 Å². The van der Waals surface area contributed by atoms with E-state index in [1.807, 2.05) is 24.3 Å². The molecular weight excluding hydrogens is 376 g/mol. The summed E-state index contributed by atoms with van der Waals surface area (Å²) in [6.07, 6.45) is 7.15. The lowest BCUT2D eigenvalue weighted by Crippen LogP contribution is -2.30. The molecule has 8 heteroatoms. The molecule has 3 aromatic rings. The van der Waals surface area contributed by atoms with Gasteiger partial charge in [-0.3, -0.25) is 14.2 Å². The van der Waals surface area contributed by atoms with Crippen LogP contribution >= 0.6 is 11.3 Å². The topological polar surface area (TPSA) is 85.6 Å². The predicted octanol–water partition coefficient (Wildman–Crippen LogP) is 2.50. The van der Waals surface area contributed by atoms with Gasteiger partial charge in [0.15, 0.2) is 0 Å². The Hall–Kier alpha value is -3.00. The number of hydrazone groups is 1. The van der Waals surface area contributed by atoms with Crippen LogP contribution in [0.4, 0.5) is 0 Å². The normalized spacial score (nSPS) is 13.6. The van der Waals surface area contributed by atoms with Crippen LogP contribution in [0, 0.1) is 0 Å². The summed E-state index contributed by atoms with van der Waals surface area (Å²) in [6, 6.07) is 7.28. The number of amides is 1. The quantitative estimate of drug-likeness (QED) is 0.530. The fourth-order valence-corrected chi connectivity index (χ4v) is 4.57. The number of carbonyl (C=O) groups excluding carboxylic acids is 1. The molecule has 2 aromatic heterocycles. The van der Waals surface area contributed by atoms with Crippen LogP contribution in [0.1, 0.15) is 28.8 Å². The predicted molar refractivity (Wildman–Crippen MR) is 109 cm³/mol. The molecule has 4 rings (SSSR count). The zero-order valence-electron chi connectivity index (χ0n) is 15.5. The Morgan fingerprint density at radius 1 is 1.32 bits per heavy atom. The molecule has 2 heterocycles. The summed E-state index contributed by atoms with van der Waals surface area (Å²) in [7, 11) is 1.60. The first-order valence-electron chi connectivity index (χ1n) is 9.11. The summed E-state index contributed by atoms with van der Waals surface area (Å²) in [5, 5.41) is 4.62. The smallest absolute Gasteiger partial charge is 0.262 e. The number of rotatable bonds is 5. The third-order valence-corrected chi connectivity index (χ3v) is 5.97. The van der Waals surface area contributed by atoms with Crippen molar-refractivity contribution < 1.29 is 9.53 Å². The van der Waals surface area contributed by atoms with Gasteiger partial charge in [0.2, 0.25) is 0 Å². The van der Waals surface area contributed by atoms with Crippen molar-refractivity contribution in [2.24, 2.45) is 5.10 Å². The molecule has 144 valence electrons. The Morgan fingerprint density at radius 2 is 2.11 bits per heavy atom. The SMILES string of the molecule is COc1ccc(/C=N/NC(=O)Cn2cnc3sc4c(c3c2=O)CCCC4)cc1. The number of benzene rings is 1. The summed E-state index contributed by atoms with van der Waals surface area (Å²) in [6.45, 7) is -0.119. The Bertz CT molecular complexity index is 1100. The fraction of sp³-hybridized carbons (Fsp3) is 0.300. The lowest BCUT2D eigenvalue weighted by atomic mass is 9.97. The van der Waals surface area contributed by atoms with Gasteiger partial charge < -0.3 is 4.74 Å². The average Bonchev–Trinajstić information content (AvgIpc) is 3.10. The summed E-state index contributed by atoms with van der Waals surface area (Å²) in [5.41, 5.74) is 4.25. The van der Waals surface area contributed by atoms with Crippen LogP contribution < -0.4 is 15.7 Å². The van der Waals surface area contributed by atoms with Gasteiger partial charge in [0.05, 0.1) is 25.0 Å². The van der Waals surface area contributed by atoms with Crippen LogP contribution in [0.3, 0.4) is 0 Å². The van der Waals surface area contributed by atoms with Gasteiger partial charge in [0, 0.05) is 4.88 Å². The van der Waals surface area contributed by atoms with Crippen molar-refractivity contribution in [1.29, 1.82) is 0 Å². The van der Waals surface area contributed by atoms with E-state index in [0.717, 1.165) is 47.4 Å². The van der Waals surface area contributed by atoms with E-state index in [1.54, 1.807) is 18.4 Å². The van der Waals surface area contributed by atoms with Gasteiger partial charge in [0.25, 0.3) is 11.5 Å². The number of nitrogens with zero attached hydrogens (tertiary/aromatic N) is 3. The van der Waals surface area contributed by atoms with E-state index >= 15 is 0 Å². The van der Waals surface area contributed by atoms with Crippen molar-refractivity contribution in [3.05, 3.63) is 57.0 Å². The van der Waals surface area contributed by atoms with Crippen molar-refractivity contribution in [1.82, 2.24) is 15.0 Å². The van der Waals surface area contributed by atoms with Crippen molar-refractivity contribution >= 4 is 33.7 Å². The summed E-state index contributed by atoms with van der Waals surface area (Å²) >= 11 is 1.60. The van der Waals surface area contributed by atoms with E-state index in [4.69, 9.17) is 4.74 Å². The lowest BCUT2D eigenvalue weighted by Gasteiger charge is -2.10. The number of hydrogen-bond acceptors (Lipinski definition) is 6. The molecule has 1 amide bonds.